The molecular formula is C18H28N4O2. The molecule has 4 rings (SSSR count). The van der Waals surface area contributed by atoms with Crippen LogP contribution in [0.1, 0.15) is 38.5 Å². The second-order valence-electron chi connectivity index (χ2n) is 7.14. The molecule has 0 aromatic carbocycles. The van der Waals surface area contributed by atoms with Crippen LogP contribution in [0.2, 0.25) is 0 Å². The molecule has 6 heteroatoms. The van der Waals surface area contributed by atoms with Crippen molar-refractivity contribution in [3.63, 3.8) is 0 Å². The first-order chi connectivity index (χ1) is 11.8. The van der Waals surface area contributed by atoms with Crippen LogP contribution < -0.4 is 9.80 Å². The Bertz CT molecular complexity index is 542. The van der Waals surface area contributed by atoms with Crippen LogP contribution in [0, 0.1) is 0 Å². The Morgan fingerprint density at radius 2 is 1.71 bits per heavy atom. The van der Waals surface area contributed by atoms with Gasteiger partial charge in [-0.25, -0.2) is 4.98 Å². The lowest BCUT2D eigenvalue weighted by Crippen LogP contribution is -2.39. The van der Waals surface area contributed by atoms with E-state index in [-0.39, 0.29) is 5.60 Å². The summed E-state index contributed by atoms with van der Waals surface area (Å²) in [4.78, 5) is 14.0. The zero-order valence-corrected chi connectivity index (χ0v) is 14.5. The molecule has 0 N–H and O–H groups in total. The molecule has 0 unspecified atom stereocenters. The molecule has 1 aromatic rings. The first kappa shape index (κ1) is 16.1. The number of anilines is 2. The number of hydrogen-bond acceptors (Lipinski definition) is 6. The minimum atomic E-state index is 0.0235. The SMILES string of the molecule is c1cc(N2CCOC3(CCOCC3)CC2)nc(N2CCCCC2)n1. The molecule has 3 saturated heterocycles. The van der Waals surface area contributed by atoms with E-state index in [1.54, 1.807) is 0 Å². The van der Waals surface area contributed by atoms with Gasteiger partial charge in [0.1, 0.15) is 5.82 Å². The van der Waals surface area contributed by atoms with Gasteiger partial charge in [-0.05, 0) is 44.6 Å². The summed E-state index contributed by atoms with van der Waals surface area (Å²) in [5, 5.41) is 0. The summed E-state index contributed by atoms with van der Waals surface area (Å²) in [5.74, 6) is 1.93. The third-order valence-corrected chi connectivity index (χ3v) is 5.60. The minimum Gasteiger partial charge on any atom is -0.381 e. The number of ether oxygens (including phenoxy) is 2. The lowest BCUT2D eigenvalue weighted by atomic mass is 9.90. The Morgan fingerprint density at radius 3 is 2.54 bits per heavy atom. The monoisotopic (exact) mass is 332 g/mol. The standard InChI is InChI=1S/C18H28N4O2/c1-2-9-22(10-3-1)17-19-8-4-16(20-17)21-11-5-18(24-15-12-21)6-13-23-14-7-18/h4,8H,1-3,5-7,9-15H2. The number of aromatic nitrogens is 2. The van der Waals surface area contributed by atoms with E-state index in [9.17, 15) is 0 Å². The minimum absolute atomic E-state index is 0.0235. The van der Waals surface area contributed by atoms with Crippen molar-refractivity contribution in [1.29, 1.82) is 0 Å². The lowest BCUT2D eigenvalue weighted by Gasteiger charge is -2.35. The zero-order valence-electron chi connectivity index (χ0n) is 14.5. The number of rotatable bonds is 2. The number of piperidine rings is 1. The van der Waals surface area contributed by atoms with Crippen molar-refractivity contribution >= 4 is 11.8 Å². The maximum Gasteiger partial charge on any atom is 0.227 e. The van der Waals surface area contributed by atoms with Crippen LogP contribution in [0.4, 0.5) is 11.8 Å². The third kappa shape index (κ3) is 3.49. The second kappa shape index (κ2) is 7.23. The normalized spacial score (nSPS) is 24.8. The predicted octanol–water partition coefficient (Wildman–Crippen LogP) is 2.24. The van der Waals surface area contributed by atoms with Crippen molar-refractivity contribution in [3.05, 3.63) is 12.3 Å². The Hall–Kier alpha value is -1.40. The first-order valence-corrected chi connectivity index (χ1v) is 9.39. The van der Waals surface area contributed by atoms with E-state index in [4.69, 9.17) is 14.5 Å². The van der Waals surface area contributed by atoms with Crippen molar-refractivity contribution in [1.82, 2.24) is 9.97 Å². The zero-order chi connectivity index (χ0) is 16.2. The van der Waals surface area contributed by atoms with Crippen molar-refractivity contribution in [2.75, 3.05) is 55.8 Å². The van der Waals surface area contributed by atoms with Crippen LogP contribution in [0.25, 0.3) is 0 Å². The van der Waals surface area contributed by atoms with Gasteiger partial charge < -0.3 is 19.3 Å². The van der Waals surface area contributed by atoms with Crippen LogP contribution in [-0.2, 0) is 9.47 Å². The summed E-state index contributed by atoms with van der Waals surface area (Å²) in [6.07, 6.45) is 8.81. The highest BCUT2D eigenvalue weighted by atomic mass is 16.5. The van der Waals surface area contributed by atoms with Crippen LogP contribution in [0.5, 0.6) is 0 Å². The average Bonchev–Trinajstić information content (AvgIpc) is 2.86. The lowest BCUT2D eigenvalue weighted by molar-refractivity contribution is -0.105. The van der Waals surface area contributed by atoms with E-state index in [1.165, 1.54) is 19.3 Å². The molecule has 0 saturated carbocycles. The van der Waals surface area contributed by atoms with E-state index in [0.717, 1.165) is 77.0 Å². The van der Waals surface area contributed by atoms with Crippen molar-refractivity contribution < 1.29 is 9.47 Å². The molecule has 3 aliphatic rings. The molecular weight excluding hydrogens is 304 g/mol. The molecule has 4 heterocycles. The number of nitrogens with zero attached hydrogens (tertiary/aromatic N) is 4. The van der Waals surface area contributed by atoms with Gasteiger partial charge >= 0.3 is 0 Å². The summed E-state index contributed by atoms with van der Waals surface area (Å²) in [7, 11) is 0. The highest BCUT2D eigenvalue weighted by molar-refractivity contribution is 5.44. The van der Waals surface area contributed by atoms with Gasteiger partial charge in [0, 0.05) is 45.6 Å². The van der Waals surface area contributed by atoms with E-state index in [1.807, 2.05) is 12.3 Å². The molecule has 3 fully saturated rings. The Balaban J connectivity index is 1.45. The molecule has 0 radical (unpaired) electrons. The quantitative estimate of drug-likeness (QED) is 0.828. The van der Waals surface area contributed by atoms with E-state index in [2.05, 4.69) is 14.8 Å². The summed E-state index contributed by atoms with van der Waals surface area (Å²) in [6.45, 7) is 6.48. The Labute approximate surface area is 144 Å². The summed E-state index contributed by atoms with van der Waals surface area (Å²) in [5.41, 5.74) is 0.0235. The van der Waals surface area contributed by atoms with E-state index < -0.39 is 0 Å². The molecule has 6 nitrogen and oxygen atoms in total. The van der Waals surface area contributed by atoms with Crippen LogP contribution in [0.15, 0.2) is 12.3 Å². The van der Waals surface area contributed by atoms with E-state index >= 15 is 0 Å². The molecule has 3 aliphatic heterocycles. The molecule has 0 bridgehead atoms. The van der Waals surface area contributed by atoms with Crippen LogP contribution in [0.3, 0.4) is 0 Å². The highest BCUT2D eigenvalue weighted by Crippen LogP contribution is 2.31. The topological polar surface area (TPSA) is 50.7 Å². The maximum absolute atomic E-state index is 6.25. The van der Waals surface area contributed by atoms with Gasteiger partial charge in [-0.2, -0.15) is 4.98 Å². The molecule has 132 valence electrons. The maximum atomic E-state index is 6.25. The molecule has 0 amide bonds. The first-order valence-electron chi connectivity index (χ1n) is 9.39. The van der Waals surface area contributed by atoms with Gasteiger partial charge in [0.15, 0.2) is 0 Å². The Kier molecular flexibility index (Phi) is 4.85. The van der Waals surface area contributed by atoms with Crippen molar-refractivity contribution in [2.45, 2.75) is 44.1 Å². The Morgan fingerprint density at radius 1 is 0.875 bits per heavy atom. The average molecular weight is 332 g/mol. The van der Waals surface area contributed by atoms with Gasteiger partial charge in [0.2, 0.25) is 5.95 Å². The largest absolute Gasteiger partial charge is 0.381 e. The van der Waals surface area contributed by atoms with Gasteiger partial charge in [0.25, 0.3) is 0 Å². The fourth-order valence-electron chi connectivity index (χ4n) is 4.02. The fraction of sp³-hybridized carbons (Fsp3) is 0.778. The van der Waals surface area contributed by atoms with Gasteiger partial charge in [0.05, 0.1) is 12.2 Å². The van der Waals surface area contributed by atoms with Gasteiger partial charge in [-0.15, -0.1) is 0 Å². The van der Waals surface area contributed by atoms with Gasteiger partial charge in [-0.1, -0.05) is 0 Å². The summed E-state index contributed by atoms with van der Waals surface area (Å²) < 4.78 is 11.8. The molecule has 1 aromatic heterocycles. The van der Waals surface area contributed by atoms with Gasteiger partial charge in [-0.3, -0.25) is 0 Å². The third-order valence-electron chi connectivity index (χ3n) is 5.60. The molecule has 0 aliphatic carbocycles. The second-order valence-corrected chi connectivity index (χ2v) is 7.14. The molecule has 0 atom stereocenters. The summed E-state index contributed by atoms with van der Waals surface area (Å²) >= 11 is 0. The van der Waals surface area contributed by atoms with E-state index in [0.29, 0.717) is 0 Å². The smallest absolute Gasteiger partial charge is 0.227 e. The van der Waals surface area contributed by atoms with Crippen LogP contribution in [-0.4, -0.2) is 61.6 Å². The van der Waals surface area contributed by atoms with Crippen LogP contribution >= 0.6 is 0 Å². The molecule has 24 heavy (non-hydrogen) atoms. The fourth-order valence-corrected chi connectivity index (χ4v) is 4.02. The predicted molar refractivity (Wildman–Crippen MR) is 93.7 cm³/mol. The molecule has 1 spiro atoms. The highest BCUT2D eigenvalue weighted by Gasteiger charge is 2.35. The van der Waals surface area contributed by atoms with Crippen molar-refractivity contribution in [2.24, 2.45) is 0 Å². The number of hydrogen-bond donors (Lipinski definition) is 0. The van der Waals surface area contributed by atoms with Crippen molar-refractivity contribution in [3.8, 4) is 0 Å². The summed E-state index contributed by atoms with van der Waals surface area (Å²) in [6, 6.07) is 2.04.